The largest absolute Gasteiger partial charge is 0.442 e. The van der Waals surface area contributed by atoms with E-state index in [2.05, 4.69) is 9.97 Å². The van der Waals surface area contributed by atoms with E-state index >= 15 is 0 Å². The number of ether oxygens (including phenoxy) is 1. The number of rotatable bonds is 4. The van der Waals surface area contributed by atoms with Gasteiger partial charge in [-0.1, -0.05) is 0 Å². The molecule has 0 saturated carbocycles. The van der Waals surface area contributed by atoms with Crippen LogP contribution in [0, 0.1) is 0 Å². The second-order valence-electron chi connectivity index (χ2n) is 5.36. The Labute approximate surface area is 129 Å². The lowest BCUT2D eigenvalue weighted by Gasteiger charge is -2.11. The molecular formula is C12H19N5O6+2. The van der Waals surface area contributed by atoms with Gasteiger partial charge in [0.25, 0.3) is 0 Å². The summed E-state index contributed by atoms with van der Waals surface area (Å²) in [4.78, 5) is 17.3. The highest BCUT2D eigenvalue weighted by molar-refractivity contribution is 5.63. The van der Waals surface area contributed by atoms with Crippen molar-refractivity contribution in [2.75, 3.05) is 18.9 Å². The quantitative estimate of drug-likeness (QED) is 0.307. The number of H-pyrrole nitrogens is 2. The SMILES string of the molecule is Nc1[nH]c(=O)c2c([nH+]1)[n+](C1OC(CO)C(O)C1O)cn2CCO. The Kier molecular flexibility index (Phi) is 4.04. The van der Waals surface area contributed by atoms with Gasteiger partial charge in [0, 0.05) is 6.54 Å². The maximum Gasteiger partial charge on any atom is 0.442 e. The Morgan fingerprint density at radius 2 is 2.13 bits per heavy atom. The Morgan fingerprint density at radius 1 is 1.39 bits per heavy atom. The van der Waals surface area contributed by atoms with Crippen molar-refractivity contribution in [2.24, 2.45) is 0 Å². The van der Waals surface area contributed by atoms with Crippen molar-refractivity contribution in [1.82, 2.24) is 9.55 Å². The standard InChI is InChI=1S/C12H17N5O6/c13-12-14-9-6(10(22)15-12)16(1-2-18)4-17(9)11-8(21)7(20)5(3-19)23-11/h4-5,7-8,11,18-21H,1-3H2,(H2-,13,14,15,22)/p+2. The van der Waals surface area contributed by atoms with Crippen molar-refractivity contribution in [1.29, 1.82) is 0 Å². The van der Waals surface area contributed by atoms with Crippen LogP contribution < -0.4 is 20.8 Å². The number of nitrogens with two attached hydrogens (primary N) is 1. The van der Waals surface area contributed by atoms with Crippen LogP contribution in [0.5, 0.6) is 0 Å². The summed E-state index contributed by atoms with van der Waals surface area (Å²) < 4.78 is 8.34. The van der Waals surface area contributed by atoms with E-state index in [0.29, 0.717) is 0 Å². The second kappa shape index (κ2) is 5.86. The number of hydrogen-bond acceptors (Lipinski definition) is 7. The van der Waals surface area contributed by atoms with E-state index in [4.69, 9.17) is 15.6 Å². The molecule has 0 spiro atoms. The van der Waals surface area contributed by atoms with Crippen LogP contribution in [0.1, 0.15) is 6.23 Å². The minimum Gasteiger partial charge on any atom is -0.395 e. The summed E-state index contributed by atoms with van der Waals surface area (Å²) in [7, 11) is 0. The number of aliphatic hydroxyl groups is 4. The molecule has 1 saturated heterocycles. The number of aromatic nitrogens is 4. The molecule has 126 valence electrons. The van der Waals surface area contributed by atoms with E-state index < -0.39 is 36.7 Å². The second-order valence-corrected chi connectivity index (χ2v) is 5.36. The molecule has 1 aliphatic heterocycles. The van der Waals surface area contributed by atoms with Crippen molar-refractivity contribution in [3.8, 4) is 0 Å². The summed E-state index contributed by atoms with van der Waals surface area (Å²) in [6.07, 6.45) is -3.08. The number of fused-ring (bicyclic) bond motifs is 1. The maximum atomic E-state index is 12.1. The zero-order valence-corrected chi connectivity index (χ0v) is 12.1. The van der Waals surface area contributed by atoms with Crippen molar-refractivity contribution < 1.29 is 34.7 Å². The average Bonchev–Trinajstić information content (AvgIpc) is 2.99. The lowest BCUT2D eigenvalue weighted by molar-refractivity contribution is -0.767. The minimum absolute atomic E-state index is 0.00439. The molecule has 0 bridgehead atoms. The summed E-state index contributed by atoms with van der Waals surface area (Å²) in [5.41, 5.74) is 5.60. The first-order chi connectivity index (χ1) is 11.0. The highest BCUT2D eigenvalue weighted by Crippen LogP contribution is 2.26. The number of nitrogen functional groups attached to an aromatic ring is 1. The summed E-state index contributed by atoms with van der Waals surface area (Å²) >= 11 is 0. The first kappa shape index (κ1) is 15.8. The first-order valence-electron chi connectivity index (χ1n) is 7.06. The number of nitrogens with one attached hydrogen (secondary N) is 2. The highest BCUT2D eigenvalue weighted by atomic mass is 16.6. The molecule has 0 aromatic carbocycles. The van der Waals surface area contributed by atoms with Gasteiger partial charge in [-0.25, -0.2) is 4.79 Å². The van der Waals surface area contributed by atoms with E-state index in [-0.39, 0.29) is 30.3 Å². The zero-order valence-electron chi connectivity index (χ0n) is 12.1. The van der Waals surface area contributed by atoms with Gasteiger partial charge >= 0.3 is 17.2 Å². The van der Waals surface area contributed by atoms with Crippen LogP contribution in [0.15, 0.2) is 11.1 Å². The van der Waals surface area contributed by atoms with E-state index in [1.54, 1.807) is 0 Å². The number of aromatic amines is 2. The Bertz CT molecular complexity index is 773. The van der Waals surface area contributed by atoms with Crippen LogP contribution in [0.2, 0.25) is 0 Å². The third kappa shape index (κ3) is 2.48. The Morgan fingerprint density at radius 3 is 2.74 bits per heavy atom. The lowest BCUT2D eigenvalue weighted by atomic mass is 10.1. The molecule has 23 heavy (non-hydrogen) atoms. The van der Waals surface area contributed by atoms with E-state index in [9.17, 15) is 20.1 Å². The number of nitrogens with zero attached hydrogens (tertiary/aromatic N) is 2. The molecule has 0 aliphatic carbocycles. The van der Waals surface area contributed by atoms with E-state index in [1.165, 1.54) is 15.5 Å². The van der Waals surface area contributed by atoms with Crippen LogP contribution in [-0.4, -0.2) is 61.5 Å². The van der Waals surface area contributed by atoms with E-state index in [1.807, 2.05) is 0 Å². The van der Waals surface area contributed by atoms with Gasteiger partial charge in [0.05, 0.1) is 13.2 Å². The third-order valence-electron chi connectivity index (χ3n) is 3.88. The topological polar surface area (TPSA) is 172 Å². The highest BCUT2D eigenvalue weighted by Gasteiger charge is 2.47. The molecule has 8 N–H and O–H groups in total. The van der Waals surface area contributed by atoms with Gasteiger partial charge < -0.3 is 25.2 Å². The van der Waals surface area contributed by atoms with Gasteiger partial charge in [-0.2, -0.15) is 14.5 Å². The maximum absolute atomic E-state index is 12.1. The fourth-order valence-corrected chi connectivity index (χ4v) is 2.81. The van der Waals surface area contributed by atoms with Crippen molar-refractivity contribution in [3.05, 3.63) is 16.7 Å². The average molecular weight is 329 g/mol. The van der Waals surface area contributed by atoms with Crippen LogP contribution in [0.25, 0.3) is 11.2 Å². The smallest absolute Gasteiger partial charge is 0.395 e. The fourth-order valence-electron chi connectivity index (χ4n) is 2.81. The lowest BCUT2D eigenvalue weighted by Crippen LogP contribution is -2.48. The van der Waals surface area contributed by atoms with Crippen molar-refractivity contribution in [2.45, 2.75) is 31.1 Å². The molecule has 0 radical (unpaired) electrons. The number of imidazole rings is 1. The monoisotopic (exact) mass is 329 g/mol. The van der Waals surface area contributed by atoms with E-state index in [0.717, 1.165) is 0 Å². The molecule has 11 heteroatoms. The normalized spacial score (nSPS) is 27.8. The molecule has 3 rings (SSSR count). The summed E-state index contributed by atoms with van der Waals surface area (Å²) in [5.74, 6) is 0.00439. The number of hydrogen-bond donors (Lipinski definition) is 6. The van der Waals surface area contributed by atoms with Gasteiger partial charge in [-0.05, 0) is 0 Å². The molecule has 3 heterocycles. The molecule has 11 nitrogen and oxygen atoms in total. The summed E-state index contributed by atoms with van der Waals surface area (Å²) in [5, 5.41) is 38.4. The Hall–Kier alpha value is -2.05. The van der Waals surface area contributed by atoms with Gasteiger partial charge in [-0.15, -0.1) is 0 Å². The molecule has 1 aliphatic rings. The molecule has 4 atom stereocenters. The summed E-state index contributed by atoms with van der Waals surface area (Å²) in [6.45, 7) is -0.528. The first-order valence-corrected chi connectivity index (χ1v) is 7.06. The zero-order chi connectivity index (χ0) is 16.7. The van der Waals surface area contributed by atoms with Crippen LogP contribution in [0.4, 0.5) is 5.95 Å². The van der Waals surface area contributed by atoms with Crippen molar-refractivity contribution in [3.63, 3.8) is 0 Å². The molecule has 2 aromatic rings. The van der Waals surface area contributed by atoms with Gasteiger partial charge in [-0.3, -0.25) is 10.3 Å². The number of anilines is 1. The molecule has 1 fully saturated rings. The summed E-state index contributed by atoms with van der Waals surface area (Å²) in [6, 6.07) is 0. The molecular weight excluding hydrogens is 310 g/mol. The number of aliphatic hydroxyl groups excluding tert-OH is 4. The van der Waals surface area contributed by atoms with Crippen molar-refractivity contribution >= 4 is 17.1 Å². The molecule has 0 amide bonds. The molecule has 2 aromatic heterocycles. The predicted molar refractivity (Wildman–Crippen MR) is 73.8 cm³/mol. The van der Waals surface area contributed by atoms with Gasteiger partial charge in [0.1, 0.15) is 18.3 Å². The van der Waals surface area contributed by atoms with Gasteiger partial charge in [0.2, 0.25) is 11.7 Å². The van der Waals surface area contributed by atoms with Crippen LogP contribution in [-0.2, 0) is 11.3 Å². The van der Waals surface area contributed by atoms with Crippen LogP contribution in [0.3, 0.4) is 0 Å². The van der Waals surface area contributed by atoms with Gasteiger partial charge in [0.15, 0.2) is 6.33 Å². The molecule has 4 unspecified atom stereocenters. The minimum atomic E-state index is -1.31. The third-order valence-corrected chi connectivity index (χ3v) is 3.88. The fraction of sp³-hybridized carbons (Fsp3) is 0.583. The van der Waals surface area contributed by atoms with Crippen LogP contribution >= 0.6 is 0 Å². The Balaban J connectivity index is 2.16. The predicted octanol–water partition coefficient (Wildman–Crippen LogP) is -4.38.